The summed E-state index contributed by atoms with van der Waals surface area (Å²) < 4.78 is 1.54. The second-order valence-corrected chi connectivity index (χ2v) is 5.86. The zero-order chi connectivity index (χ0) is 17.1. The van der Waals surface area contributed by atoms with Gasteiger partial charge in [-0.05, 0) is 18.6 Å². The minimum atomic E-state index is 0.0386. The summed E-state index contributed by atoms with van der Waals surface area (Å²) in [5, 5.41) is 7.59. The first kappa shape index (κ1) is 15.4. The van der Waals surface area contributed by atoms with Crippen LogP contribution in [0.1, 0.15) is 11.3 Å². The van der Waals surface area contributed by atoms with E-state index in [1.54, 1.807) is 35.8 Å². The van der Waals surface area contributed by atoms with Gasteiger partial charge in [-0.1, -0.05) is 5.21 Å². The highest BCUT2D eigenvalue weighted by Gasteiger charge is 2.22. The predicted octanol–water partition coefficient (Wildman–Crippen LogP) is 0.757. The largest absolute Gasteiger partial charge is 0.340 e. The molecule has 25 heavy (non-hydrogen) atoms. The van der Waals surface area contributed by atoms with E-state index in [-0.39, 0.29) is 12.5 Å². The summed E-state index contributed by atoms with van der Waals surface area (Å²) in [7, 11) is 0. The minimum Gasteiger partial charge on any atom is -0.340 e. The van der Waals surface area contributed by atoms with Crippen LogP contribution < -0.4 is 0 Å². The van der Waals surface area contributed by atoms with Crippen molar-refractivity contribution in [2.45, 2.75) is 19.4 Å². The van der Waals surface area contributed by atoms with Crippen LogP contribution in [-0.2, 0) is 24.2 Å². The maximum Gasteiger partial charge on any atom is 0.244 e. The summed E-state index contributed by atoms with van der Waals surface area (Å²) in [4.78, 5) is 27.4. The summed E-state index contributed by atoms with van der Waals surface area (Å²) in [5.74, 6) is 0.0386. The Morgan fingerprint density at radius 1 is 1.08 bits per heavy atom. The van der Waals surface area contributed by atoms with Crippen molar-refractivity contribution >= 4 is 5.91 Å². The van der Waals surface area contributed by atoms with Crippen LogP contribution in [0.15, 0.2) is 43.2 Å². The molecule has 3 aromatic rings. The third kappa shape index (κ3) is 3.23. The first-order valence-corrected chi connectivity index (χ1v) is 8.16. The smallest absolute Gasteiger partial charge is 0.244 e. The highest BCUT2D eigenvalue weighted by Crippen LogP contribution is 2.25. The Hall–Kier alpha value is -3.16. The Morgan fingerprint density at radius 3 is 2.72 bits per heavy atom. The third-order valence-electron chi connectivity index (χ3n) is 4.36. The van der Waals surface area contributed by atoms with Gasteiger partial charge in [-0.2, -0.15) is 0 Å². The van der Waals surface area contributed by atoms with E-state index in [0.717, 1.165) is 35.4 Å². The molecule has 0 saturated heterocycles. The van der Waals surface area contributed by atoms with Crippen molar-refractivity contribution in [3.63, 3.8) is 0 Å². The van der Waals surface area contributed by atoms with E-state index in [4.69, 9.17) is 0 Å². The Balaban J connectivity index is 1.55. The zero-order valence-corrected chi connectivity index (χ0v) is 13.6. The van der Waals surface area contributed by atoms with Crippen LogP contribution in [0.3, 0.4) is 0 Å². The monoisotopic (exact) mass is 335 g/mol. The van der Waals surface area contributed by atoms with Crippen LogP contribution in [0.5, 0.6) is 0 Å². The molecule has 0 unspecified atom stereocenters. The fourth-order valence-electron chi connectivity index (χ4n) is 3.09. The Kier molecular flexibility index (Phi) is 4.16. The van der Waals surface area contributed by atoms with Crippen LogP contribution in [0, 0.1) is 0 Å². The van der Waals surface area contributed by atoms with Gasteiger partial charge in [0.2, 0.25) is 5.91 Å². The maximum absolute atomic E-state index is 12.5. The summed E-state index contributed by atoms with van der Waals surface area (Å²) in [6.07, 6.45) is 9.83. The van der Waals surface area contributed by atoms with Gasteiger partial charge in [0.05, 0.1) is 11.9 Å². The normalized spacial score (nSPS) is 14.0. The van der Waals surface area contributed by atoms with Crippen molar-refractivity contribution in [1.82, 2.24) is 34.8 Å². The van der Waals surface area contributed by atoms with E-state index < -0.39 is 0 Å². The molecule has 8 heteroatoms. The molecule has 0 atom stereocenters. The maximum atomic E-state index is 12.5. The van der Waals surface area contributed by atoms with Crippen molar-refractivity contribution in [3.05, 3.63) is 54.5 Å². The Labute approximate surface area is 144 Å². The van der Waals surface area contributed by atoms with Gasteiger partial charge in [-0.25, -0.2) is 14.6 Å². The lowest BCUT2D eigenvalue weighted by molar-refractivity contribution is -0.131. The van der Waals surface area contributed by atoms with E-state index in [1.165, 1.54) is 0 Å². The predicted molar refractivity (Wildman–Crippen MR) is 89.3 cm³/mol. The fraction of sp³-hybridized carbons (Fsp3) is 0.294. The number of hydrogen-bond acceptors (Lipinski definition) is 6. The molecule has 0 aromatic carbocycles. The van der Waals surface area contributed by atoms with Crippen molar-refractivity contribution in [1.29, 1.82) is 0 Å². The zero-order valence-electron chi connectivity index (χ0n) is 13.6. The molecule has 0 spiro atoms. The van der Waals surface area contributed by atoms with E-state index in [9.17, 15) is 4.79 Å². The quantitative estimate of drug-likeness (QED) is 0.702. The Morgan fingerprint density at radius 2 is 1.92 bits per heavy atom. The topological polar surface area (TPSA) is 89.7 Å². The van der Waals surface area contributed by atoms with Gasteiger partial charge in [0.15, 0.2) is 0 Å². The van der Waals surface area contributed by atoms with E-state index in [2.05, 4.69) is 25.3 Å². The average Bonchev–Trinajstić information content (AvgIpc) is 3.05. The standard InChI is InChI=1S/C17H17N7O/c25-16(11-24-10-7-21-22-24)23-8-3-14-15(4-9-23)19-12-20-17(14)13-1-5-18-6-2-13/h1-2,5-7,10,12H,3-4,8-9,11H2. The lowest BCUT2D eigenvalue weighted by Gasteiger charge is -2.19. The third-order valence-corrected chi connectivity index (χ3v) is 4.36. The highest BCUT2D eigenvalue weighted by atomic mass is 16.2. The highest BCUT2D eigenvalue weighted by molar-refractivity contribution is 5.76. The van der Waals surface area contributed by atoms with Gasteiger partial charge in [0.1, 0.15) is 12.9 Å². The number of fused-ring (bicyclic) bond motifs is 1. The second-order valence-electron chi connectivity index (χ2n) is 5.86. The second kappa shape index (κ2) is 6.76. The molecule has 4 rings (SSSR count). The molecule has 4 heterocycles. The van der Waals surface area contributed by atoms with E-state index in [0.29, 0.717) is 13.1 Å². The fourth-order valence-corrected chi connectivity index (χ4v) is 3.09. The lowest BCUT2D eigenvalue weighted by atomic mass is 10.0. The van der Waals surface area contributed by atoms with Crippen LogP contribution in [0.25, 0.3) is 11.3 Å². The molecule has 0 saturated carbocycles. The van der Waals surface area contributed by atoms with Crippen molar-refractivity contribution in [2.75, 3.05) is 13.1 Å². The van der Waals surface area contributed by atoms with Crippen molar-refractivity contribution < 1.29 is 4.79 Å². The van der Waals surface area contributed by atoms with E-state index >= 15 is 0 Å². The SMILES string of the molecule is O=C(Cn1ccnn1)N1CCc2ncnc(-c3ccncc3)c2CC1. The molecule has 0 bridgehead atoms. The van der Waals surface area contributed by atoms with Gasteiger partial charge in [-0.3, -0.25) is 9.78 Å². The first-order chi connectivity index (χ1) is 12.3. The number of carbonyl (C=O) groups is 1. The summed E-state index contributed by atoms with van der Waals surface area (Å²) >= 11 is 0. The molecule has 8 nitrogen and oxygen atoms in total. The minimum absolute atomic E-state index is 0.0386. The number of hydrogen-bond donors (Lipinski definition) is 0. The van der Waals surface area contributed by atoms with Crippen molar-refractivity contribution in [3.8, 4) is 11.3 Å². The number of carbonyl (C=O) groups excluding carboxylic acids is 1. The molecule has 0 N–H and O–H groups in total. The summed E-state index contributed by atoms with van der Waals surface area (Å²) in [6.45, 7) is 1.50. The van der Waals surface area contributed by atoms with Crippen LogP contribution in [0.2, 0.25) is 0 Å². The van der Waals surface area contributed by atoms with Crippen LogP contribution in [0.4, 0.5) is 0 Å². The first-order valence-electron chi connectivity index (χ1n) is 8.16. The lowest BCUT2D eigenvalue weighted by Crippen LogP contribution is -2.36. The molecule has 1 aliphatic rings. The number of rotatable bonds is 3. The molecule has 3 aromatic heterocycles. The number of amides is 1. The summed E-state index contributed by atoms with van der Waals surface area (Å²) in [5.41, 5.74) is 4.08. The van der Waals surface area contributed by atoms with Gasteiger partial charge in [0.25, 0.3) is 0 Å². The average molecular weight is 335 g/mol. The van der Waals surface area contributed by atoms with Gasteiger partial charge < -0.3 is 4.90 Å². The number of nitrogens with zero attached hydrogens (tertiary/aromatic N) is 7. The van der Waals surface area contributed by atoms with E-state index in [1.807, 2.05) is 17.0 Å². The number of aromatic nitrogens is 6. The molecule has 1 aliphatic heterocycles. The molecule has 0 fully saturated rings. The summed E-state index contributed by atoms with van der Waals surface area (Å²) in [6, 6.07) is 3.89. The Bertz CT molecular complexity index is 864. The number of pyridine rings is 1. The molecular weight excluding hydrogens is 318 g/mol. The molecular formula is C17H17N7O. The molecule has 1 amide bonds. The van der Waals surface area contributed by atoms with Gasteiger partial charge >= 0.3 is 0 Å². The molecule has 0 radical (unpaired) electrons. The van der Waals surface area contributed by atoms with Crippen LogP contribution in [-0.4, -0.2) is 53.8 Å². The van der Waals surface area contributed by atoms with Crippen LogP contribution >= 0.6 is 0 Å². The molecule has 126 valence electrons. The van der Waals surface area contributed by atoms with Gasteiger partial charge in [0, 0.05) is 54.9 Å². The molecule has 0 aliphatic carbocycles. The van der Waals surface area contributed by atoms with Gasteiger partial charge in [-0.15, -0.1) is 5.10 Å². The van der Waals surface area contributed by atoms with Crippen molar-refractivity contribution in [2.24, 2.45) is 0 Å².